The van der Waals surface area contributed by atoms with Crippen LogP contribution in [0.3, 0.4) is 0 Å². The summed E-state index contributed by atoms with van der Waals surface area (Å²) >= 11 is 5.72. The van der Waals surface area contributed by atoms with Gasteiger partial charge in [0.2, 0.25) is 5.91 Å². The minimum absolute atomic E-state index is 0. The molecular weight excluding hydrogens is 368 g/mol. The number of nitrogens with zero attached hydrogens (tertiary/aromatic N) is 2. The van der Waals surface area contributed by atoms with Gasteiger partial charge in [-0.1, -0.05) is 11.6 Å². The highest BCUT2D eigenvalue weighted by atomic mass is 35.5. The number of piperazine rings is 1. The predicted molar refractivity (Wildman–Crippen MR) is 96.5 cm³/mol. The van der Waals surface area contributed by atoms with Gasteiger partial charge in [-0.05, 0) is 37.5 Å². The zero-order valence-electron chi connectivity index (χ0n) is 13.8. The largest absolute Gasteiger partial charge is 0.339 e. The van der Waals surface area contributed by atoms with Crippen molar-refractivity contribution in [1.82, 2.24) is 9.80 Å². The third-order valence-corrected chi connectivity index (χ3v) is 5.10. The Morgan fingerprint density at radius 2 is 1.76 bits per heavy atom. The maximum Gasteiger partial charge on any atom is 0.256 e. The van der Waals surface area contributed by atoms with Crippen LogP contribution < -0.4 is 5.73 Å². The summed E-state index contributed by atoms with van der Waals surface area (Å²) in [7, 11) is 0. The van der Waals surface area contributed by atoms with Gasteiger partial charge in [0.1, 0.15) is 5.82 Å². The SMILES string of the molecule is Cl.NC1CCC(C(=O)N2CCN(C(=O)c3ccc(Cl)cc3F)CC2)C1. The number of nitrogens with two attached hydrogens (primary N) is 1. The first kappa shape index (κ1) is 19.9. The van der Waals surface area contributed by atoms with Crippen LogP contribution >= 0.6 is 24.0 Å². The van der Waals surface area contributed by atoms with Gasteiger partial charge in [-0.25, -0.2) is 4.39 Å². The molecular formula is C17H22Cl2FN3O2. The van der Waals surface area contributed by atoms with Crippen LogP contribution in [-0.2, 0) is 4.79 Å². The average Bonchev–Trinajstić information content (AvgIpc) is 3.00. The van der Waals surface area contributed by atoms with E-state index in [0.717, 1.165) is 25.3 Å². The van der Waals surface area contributed by atoms with Crippen molar-refractivity contribution in [2.24, 2.45) is 11.7 Å². The lowest BCUT2D eigenvalue weighted by molar-refractivity contribution is -0.136. The van der Waals surface area contributed by atoms with Crippen LogP contribution in [0.1, 0.15) is 29.6 Å². The highest BCUT2D eigenvalue weighted by molar-refractivity contribution is 6.30. The van der Waals surface area contributed by atoms with E-state index in [1.165, 1.54) is 12.1 Å². The van der Waals surface area contributed by atoms with Crippen LogP contribution in [0.25, 0.3) is 0 Å². The molecule has 2 amide bonds. The molecule has 1 aliphatic carbocycles. The molecule has 2 unspecified atom stereocenters. The highest BCUT2D eigenvalue weighted by Gasteiger charge is 2.33. The lowest BCUT2D eigenvalue weighted by Gasteiger charge is -2.36. The summed E-state index contributed by atoms with van der Waals surface area (Å²) in [5.74, 6) is -0.839. The summed E-state index contributed by atoms with van der Waals surface area (Å²) in [6.45, 7) is 1.77. The number of hydrogen-bond donors (Lipinski definition) is 1. The molecule has 5 nitrogen and oxygen atoms in total. The zero-order chi connectivity index (χ0) is 17.3. The van der Waals surface area contributed by atoms with E-state index in [-0.39, 0.29) is 46.8 Å². The van der Waals surface area contributed by atoms with Gasteiger partial charge >= 0.3 is 0 Å². The smallest absolute Gasteiger partial charge is 0.256 e. The van der Waals surface area contributed by atoms with E-state index >= 15 is 0 Å². The molecule has 0 aromatic heterocycles. The van der Waals surface area contributed by atoms with E-state index in [2.05, 4.69) is 0 Å². The second-order valence-corrected chi connectivity index (χ2v) is 6.95. The Morgan fingerprint density at radius 3 is 2.32 bits per heavy atom. The van der Waals surface area contributed by atoms with E-state index in [1.54, 1.807) is 9.80 Å². The highest BCUT2D eigenvalue weighted by Crippen LogP contribution is 2.26. The Kier molecular flexibility index (Phi) is 6.65. The van der Waals surface area contributed by atoms with E-state index in [9.17, 15) is 14.0 Å². The average molecular weight is 390 g/mol. The molecule has 2 fully saturated rings. The van der Waals surface area contributed by atoms with Gasteiger partial charge in [0.25, 0.3) is 5.91 Å². The van der Waals surface area contributed by atoms with E-state index in [0.29, 0.717) is 26.2 Å². The van der Waals surface area contributed by atoms with Gasteiger partial charge < -0.3 is 15.5 Å². The first-order valence-corrected chi connectivity index (χ1v) is 8.62. The van der Waals surface area contributed by atoms with E-state index in [1.807, 2.05) is 0 Å². The number of carbonyl (C=O) groups is 2. The predicted octanol–water partition coefficient (Wildman–Crippen LogP) is 2.31. The molecule has 2 atom stereocenters. The third-order valence-electron chi connectivity index (χ3n) is 4.86. The van der Waals surface area contributed by atoms with E-state index < -0.39 is 5.82 Å². The standard InChI is InChI=1S/C17H21ClFN3O2.ClH/c18-12-2-4-14(15(19)10-12)17(24)22-7-5-21(6-8-22)16(23)11-1-3-13(20)9-11;/h2,4,10-11,13H,1,3,5-9,20H2;1H. The number of carbonyl (C=O) groups excluding carboxylic acids is 2. The second-order valence-electron chi connectivity index (χ2n) is 6.51. The molecule has 0 bridgehead atoms. The number of halogens is 3. The fraction of sp³-hybridized carbons (Fsp3) is 0.529. The molecule has 1 aromatic rings. The molecule has 3 rings (SSSR count). The molecule has 0 spiro atoms. The third kappa shape index (κ3) is 4.43. The number of benzene rings is 1. The first-order chi connectivity index (χ1) is 11.5. The van der Waals surface area contributed by atoms with Crippen molar-refractivity contribution in [2.45, 2.75) is 25.3 Å². The van der Waals surface area contributed by atoms with Gasteiger partial charge in [0.05, 0.1) is 5.56 Å². The van der Waals surface area contributed by atoms with Gasteiger partial charge in [0, 0.05) is 43.2 Å². The molecule has 138 valence electrons. The Bertz CT molecular complexity index is 651. The summed E-state index contributed by atoms with van der Waals surface area (Å²) in [5.41, 5.74) is 5.89. The maximum absolute atomic E-state index is 13.9. The van der Waals surface area contributed by atoms with Gasteiger partial charge in [-0.15, -0.1) is 12.4 Å². The van der Waals surface area contributed by atoms with Crippen LogP contribution in [-0.4, -0.2) is 53.8 Å². The van der Waals surface area contributed by atoms with Crippen LogP contribution in [0.5, 0.6) is 0 Å². The Labute approximate surface area is 157 Å². The van der Waals surface area contributed by atoms with Crippen molar-refractivity contribution in [3.8, 4) is 0 Å². The lowest BCUT2D eigenvalue weighted by atomic mass is 10.1. The molecule has 1 aromatic carbocycles. The quantitative estimate of drug-likeness (QED) is 0.843. The Balaban J connectivity index is 0.00000225. The molecule has 1 saturated carbocycles. The fourth-order valence-electron chi connectivity index (χ4n) is 3.46. The summed E-state index contributed by atoms with van der Waals surface area (Å²) in [4.78, 5) is 28.3. The number of amides is 2. The normalized spacial score (nSPS) is 23.3. The van der Waals surface area contributed by atoms with Gasteiger partial charge in [0.15, 0.2) is 0 Å². The van der Waals surface area contributed by atoms with Crippen molar-refractivity contribution in [3.63, 3.8) is 0 Å². The van der Waals surface area contributed by atoms with Crippen molar-refractivity contribution < 1.29 is 14.0 Å². The summed E-state index contributed by atoms with van der Waals surface area (Å²) in [6.07, 6.45) is 2.48. The summed E-state index contributed by atoms with van der Waals surface area (Å²) in [6, 6.07) is 4.16. The van der Waals surface area contributed by atoms with Crippen LogP contribution in [0.2, 0.25) is 5.02 Å². The minimum Gasteiger partial charge on any atom is -0.339 e. The molecule has 1 heterocycles. The Morgan fingerprint density at radius 1 is 1.12 bits per heavy atom. The molecule has 25 heavy (non-hydrogen) atoms. The maximum atomic E-state index is 13.9. The zero-order valence-corrected chi connectivity index (χ0v) is 15.4. The summed E-state index contributed by atoms with van der Waals surface area (Å²) < 4.78 is 13.9. The Hall–Kier alpha value is -1.37. The molecule has 2 N–H and O–H groups in total. The second kappa shape index (κ2) is 8.34. The molecule has 0 radical (unpaired) electrons. The molecule has 1 aliphatic heterocycles. The molecule has 1 saturated heterocycles. The minimum atomic E-state index is -0.619. The fourth-order valence-corrected chi connectivity index (χ4v) is 3.62. The van der Waals surface area contributed by atoms with Crippen molar-refractivity contribution >= 4 is 35.8 Å². The topological polar surface area (TPSA) is 66.6 Å². The van der Waals surface area contributed by atoms with Crippen LogP contribution in [0.4, 0.5) is 4.39 Å². The summed E-state index contributed by atoms with van der Waals surface area (Å²) in [5, 5.41) is 0.259. The van der Waals surface area contributed by atoms with Crippen molar-refractivity contribution in [3.05, 3.63) is 34.6 Å². The van der Waals surface area contributed by atoms with Gasteiger partial charge in [-0.3, -0.25) is 9.59 Å². The van der Waals surface area contributed by atoms with Crippen LogP contribution in [0, 0.1) is 11.7 Å². The van der Waals surface area contributed by atoms with Crippen molar-refractivity contribution in [2.75, 3.05) is 26.2 Å². The molecule has 2 aliphatic rings. The number of hydrogen-bond acceptors (Lipinski definition) is 3. The number of rotatable bonds is 2. The molecule has 8 heteroatoms. The monoisotopic (exact) mass is 389 g/mol. The van der Waals surface area contributed by atoms with Crippen LogP contribution in [0.15, 0.2) is 18.2 Å². The van der Waals surface area contributed by atoms with Crippen molar-refractivity contribution in [1.29, 1.82) is 0 Å². The van der Waals surface area contributed by atoms with E-state index in [4.69, 9.17) is 17.3 Å². The van der Waals surface area contributed by atoms with Gasteiger partial charge in [-0.2, -0.15) is 0 Å². The lowest BCUT2D eigenvalue weighted by Crippen LogP contribution is -2.52. The first-order valence-electron chi connectivity index (χ1n) is 8.24.